The lowest BCUT2D eigenvalue weighted by molar-refractivity contribution is -0.121. The number of carbonyl (C=O) groups excluding carboxylic acids is 1. The summed E-state index contributed by atoms with van der Waals surface area (Å²) in [5, 5.41) is 12.8. The first kappa shape index (κ1) is 15.9. The molecule has 2 N–H and O–H groups in total. The quantitative estimate of drug-likeness (QED) is 0.777. The highest BCUT2D eigenvalue weighted by atomic mass is 19.3. The van der Waals surface area contributed by atoms with Gasteiger partial charge in [-0.25, -0.2) is 0 Å². The van der Waals surface area contributed by atoms with Gasteiger partial charge in [0, 0.05) is 19.4 Å². The number of alkyl halides is 2. The Morgan fingerprint density at radius 3 is 2.95 bits per heavy atom. The fraction of sp³-hybridized carbons (Fsp3) is 0.357. The van der Waals surface area contributed by atoms with Crippen LogP contribution in [-0.4, -0.2) is 34.5 Å². The number of aromatic amines is 1. The molecule has 2 rings (SSSR count). The Morgan fingerprint density at radius 2 is 2.23 bits per heavy atom. The summed E-state index contributed by atoms with van der Waals surface area (Å²) in [6.45, 7) is -2.38. The van der Waals surface area contributed by atoms with E-state index in [9.17, 15) is 13.6 Å². The maximum Gasteiger partial charge on any atom is 0.387 e. The van der Waals surface area contributed by atoms with E-state index in [0.29, 0.717) is 19.4 Å². The van der Waals surface area contributed by atoms with Gasteiger partial charge < -0.3 is 10.1 Å². The normalized spacial score (nSPS) is 10.7. The number of benzene rings is 1. The molecule has 0 saturated heterocycles. The number of amides is 1. The second-order valence-electron chi connectivity index (χ2n) is 4.59. The Balaban J connectivity index is 1.71. The fourth-order valence-electron chi connectivity index (χ4n) is 1.90. The summed E-state index contributed by atoms with van der Waals surface area (Å²) in [4.78, 5) is 11.7. The topological polar surface area (TPSA) is 79.9 Å². The minimum Gasteiger partial charge on any atom is -0.435 e. The molecule has 118 valence electrons. The first-order valence-corrected chi connectivity index (χ1v) is 6.78. The van der Waals surface area contributed by atoms with Crippen LogP contribution in [-0.2, 0) is 17.6 Å². The number of H-pyrrole nitrogens is 1. The van der Waals surface area contributed by atoms with Gasteiger partial charge in [-0.2, -0.15) is 24.2 Å². The lowest BCUT2D eigenvalue weighted by Crippen LogP contribution is -2.25. The molecule has 6 nitrogen and oxygen atoms in total. The van der Waals surface area contributed by atoms with Gasteiger partial charge in [-0.05, 0) is 24.1 Å². The van der Waals surface area contributed by atoms with Crippen LogP contribution in [0.3, 0.4) is 0 Å². The molecule has 2 aromatic rings. The highest BCUT2D eigenvalue weighted by Crippen LogP contribution is 2.16. The van der Waals surface area contributed by atoms with Crippen molar-refractivity contribution >= 4 is 5.91 Å². The van der Waals surface area contributed by atoms with Crippen molar-refractivity contribution in [3.63, 3.8) is 0 Å². The number of nitrogens with zero attached hydrogens (tertiary/aromatic N) is 2. The van der Waals surface area contributed by atoms with Crippen LogP contribution in [0, 0.1) is 0 Å². The van der Waals surface area contributed by atoms with Crippen LogP contribution in [0.1, 0.15) is 17.7 Å². The largest absolute Gasteiger partial charge is 0.435 e. The summed E-state index contributed by atoms with van der Waals surface area (Å²) in [7, 11) is 0. The van der Waals surface area contributed by atoms with Crippen molar-refractivity contribution in [3.8, 4) is 5.75 Å². The van der Waals surface area contributed by atoms with E-state index in [1.54, 1.807) is 18.3 Å². The minimum atomic E-state index is -2.85. The number of ether oxygens (including phenoxy) is 1. The van der Waals surface area contributed by atoms with Crippen LogP contribution < -0.4 is 10.1 Å². The van der Waals surface area contributed by atoms with Gasteiger partial charge >= 0.3 is 6.61 Å². The molecule has 22 heavy (non-hydrogen) atoms. The number of carbonyl (C=O) groups is 1. The molecular formula is C14H16F2N4O2. The Morgan fingerprint density at radius 1 is 1.36 bits per heavy atom. The molecule has 8 heteroatoms. The van der Waals surface area contributed by atoms with Gasteiger partial charge in [0.05, 0.1) is 11.9 Å². The zero-order valence-electron chi connectivity index (χ0n) is 11.8. The molecule has 0 saturated carbocycles. The van der Waals surface area contributed by atoms with E-state index in [2.05, 4.69) is 25.5 Å². The predicted octanol–water partition coefficient (Wildman–Crippen LogP) is 1.70. The molecule has 0 atom stereocenters. The number of aryl methyl sites for hydroxylation is 1. The molecule has 0 unspecified atom stereocenters. The lowest BCUT2D eigenvalue weighted by Gasteiger charge is -2.07. The number of halogens is 2. The van der Waals surface area contributed by atoms with Crippen molar-refractivity contribution in [2.75, 3.05) is 6.54 Å². The Kier molecular flexibility index (Phi) is 5.81. The summed E-state index contributed by atoms with van der Waals surface area (Å²) in [6.07, 6.45) is 2.92. The van der Waals surface area contributed by atoms with E-state index in [1.165, 1.54) is 12.1 Å². The number of hydrogen-bond acceptors (Lipinski definition) is 4. The SMILES string of the molecule is O=C(CCc1cccc(OC(F)F)c1)NCCc1cn[nH]n1. The van der Waals surface area contributed by atoms with Crippen molar-refractivity contribution in [1.29, 1.82) is 0 Å². The minimum absolute atomic E-state index is 0.0962. The van der Waals surface area contributed by atoms with Crippen molar-refractivity contribution in [3.05, 3.63) is 41.7 Å². The highest BCUT2D eigenvalue weighted by molar-refractivity contribution is 5.76. The molecule has 0 spiro atoms. The molecular weight excluding hydrogens is 294 g/mol. The lowest BCUT2D eigenvalue weighted by atomic mass is 10.1. The number of hydrogen-bond donors (Lipinski definition) is 2. The summed E-state index contributed by atoms with van der Waals surface area (Å²) < 4.78 is 28.6. The molecule has 1 amide bonds. The van der Waals surface area contributed by atoms with E-state index in [1.807, 2.05) is 0 Å². The van der Waals surface area contributed by atoms with Gasteiger partial charge in [0.25, 0.3) is 0 Å². The molecule has 0 radical (unpaired) electrons. The van der Waals surface area contributed by atoms with Crippen molar-refractivity contribution < 1.29 is 18.3 Å². The monoisotopic (exact) mass is 310 g/mol. The van der Waals surface area contributed by atoms with E-state index in [0.717, 1.165) is 11.3 Å². The molecule has 0 aliphatic heterocycles. The summed E-state index contributed by atoms with van der Waals surface area (Å²) >= 11 is 0. The van der Waals surface area contributed by atoms with Crippen LogP contribution in [0.2, 0.25) is 0 Å². The zero-order valence-corrected chi connectivity index (χ0v) is 11.8. The van der Waals surface area contributed by atoms with Crippen molar-refractivity contribution in [2.24, 2.45) is 0 Å². The van der Waals surface area contributed by atoms with Crippen molar-refractivity contribution in [1.82, 2.24) is 20.7 Å². The standard InChI is InChI=1S/C14H16F2N4O2/c15-14(16)22-12-3-1-2-10(8-12)4-5-13(21)17-7-6-11-9-18-20-19-11/h1-3,8-9,14H,4-7H2,(H,17,21)(H,18,19,20). The maximum atomic E-state index is 12.1. The Labute approximate surface area is 125 Å². The third-order valence-electron chi connectivity index (χ3n) is 2.93. The second-order valence-corrected chi connectivity index (χ2v) is 4.59. The smallest absolute Gasteiger partial charge is 0.387 e. The van der Waals surface area contributed by atoms with Crippen LogP contribution in [0.4, 0.5) is 8.78 Å². The van der Waals surface area contributed by atoms with Crippen LogP contribution >= 0.6 is 0 Å². The third kappa shape index (κ3) is 5.47. The van der Waals surface area contributed by atoms with Gasteiger partial charge in [-0.15, -0.1) is 0 Å². The molecule has 0 fully saturated rings. The Hall–Kier alpha value is -2.51. The third-order valence-corrected chi connectivity index (χ3v) is 2.93. The maximum absolute atomic E-state index is 12.1. The first-order chi connectivity index (χ1) is 10.6. The number of aromatic nitrogens is 3. The van der Waals surface area contributed by atoms with E-state index < -0.39 is 6.61 Å². The van der Waals surface area contributed by atoms with Gasteiger partial charge in [0.1, 0.15) is 5.75 Å². The summed E-state index contributed by atoms with van der Waals surface area (Å²) in [5.41, 5.74) is 1.54. The Bertz CT molecular complexity index is 590. The summed E-state index contributed by atoms with van der Waals surface area (Å²) in [5.74, 6) is -0.0115. The molecule has 1 heterocycles. The fourth-order valence-corrected chi connectivity index (χ4v) is 1.90. The summed E-state index contributed by atoms with van der Waals surface area (Å²) in [6, 6.07) is 6.35. The van der Waals surface area contributed by atoms with E-state index >= 15 is 0 Å². The van der Waals surface area contributed by atoms with Crippen LogP contribution in [0.25, 0.3) is 0 Å². The highest BCUT2D eigenvalue weighted by Gasteiger charge is 2.06. The first-order valence-electron chi connectivity index (χ1n) is 6.78. The van der Waals surface area contributed by atoms with Crippen molar-refractivity contribution in [2.45, 2.75) is 25.9 Å². The van der Waals surface area contributed by atoms with Gasteiger partial charge in [0.15, 0.2) is 0 Å². The number of nitrogens with one attached hydrogen (secondary N) is 2. The van der Waals surface area contributed by atoms with Crippen LogP contribution in [0.5, 0.6) is 5.75 Å². The number of rotatable bonds is 8. The molecule has 1 aromatic heterocycles. The average Bonchev–Trinajstić information content (AvgIpc) is 2.98. The molecule has 0 aliphatic carbocycles. The van der Waals surface area contributed by atoms with Gasteiger partial charge in [-0.1, -0.05) is 12.1 Å². The average molecular weight is 310 g/mol. The predicted molar refractivity (Wildman–Crippen MR) is 74.5 cm³/mol. The second kappa shape index (κ2) is 8.06. The van der Waals surface area contributed by atoms with Gasteiger partial charge in [0.2, 0.25) is 5.91 Å². The molecule has 1 aromatic carbocycles. The molecule has 0 bridgehead atoms. The van der Waals surface area contributed by atoms with E-state index in [4.69, 9.17) is 0 Å². The van der Waals surface area contributed by atoms with Gasteiger partial charge in [-0.3, -0.25) is 4.79 Å². The van der Waals surface area contributed by atoms with E-state index in [-0.39, 0.29) is 18.1 Å². The molecule has 0 aliphatic rings. The zero-order chi connectivity index (χ0) is 15.8. The van der Waals surface area contributed by atoms with Crippen LogP contribution in [0.15, 0.2) is 30.5 Å².